The number of nitrogens with zero attached hydrogens (tertiary/aromatic N) is 1. The van der Waals surface area contributed by atoms with E-state index in [-0.39, 0.29) is 25.8 Å². The van der Waals surface area contributed by atoms with Gasteiger partial charge >= 0.3 is 13.8 Å². The van der Waals surface area contributed by atoms with Crippen LogP contribution in [0.25, 0.3) is 0 Å². The normalized spacial score (nSPS) is 14.2. The number of carbonyl (C=O) groups is 1. The first kappa shape index (κ1) is 47.6. The van der Waals surface area contributed by atoms with Gasteiger partial charge in [-0.05, 0) is 70.3 Å². The fraction of sp³-hybridized carbons (Fsp3) is 0.825. The summed E-state index contributed by atoms with van der Waals surface area (Å²) in [7, 11) is 1.66. The van der Waals surface area contributed by atoms with Gasteiger partial charge in [0, 0.05) is 6.42 Å². The average molecular weight is 715 g/mol. The van der Waals surface area contributed by atoms with Crippen molar-refractivity contribution in [3.05, 3.63) is 36.6 Å². The average Bonchev–Trinajstić information content (AvgIpc) is 3.05. The zero-order valence-electron chi connectivity index (χ0n) is 32.4. The summed E-state index contributed by atoms with van der Waals surface area (Å²) in [4.78, 5) is 22.5. The van der Waals surface area contributed by atoms with Crippen molar-refractivity contribution in [2.45, 2.75) is 168 Å². The van der Waals surface area contributed by atoms with Gasteiger partial charge < -0.3 is 18.9 Å². The van der Waals surface area contributed by atoms with Gasteiger partial charge in [0.1, 0.15) is 19.8 Å². The Hall–Kier alpha value is -1.44. The highest BCUT2D eigenvalue weighted by atomic mass is 31.2. The first-order valence-corrected chi connectivity index (χ1v) is 21.3. The maximum atomic E-state index is 12.4. The summed E-state index contributed by atoms with van der Waals surface area (Å²) in [5.41, 5.74) is 0. The monoisotopic (exact) mass is 715 g/mol. The van der Waals surface area contributed by atoms with Crippen molar-refractivity contribution in [2.24, 2.45) is 0 Å². The van der Waals surface area contributed by atoms with Crippen molar-refractivity contribution >= 4 is 13.8 Å². The van der Waals surface area contributed by atoms with Crippen LogP contribution in [-0.4, -0.2) is 69.0 Å². The molecule has 2 atom stereocenters. The number of esters is 1. The number of ether oxygens (including phenoxy) is 2. The summed E-state index contributed by atoms with van der Waals surface area (Å²) in [6.07, 6.45) is 38.5. The van der Waals surface area contributed by atoms with Crippen LogP contribution in [0.1, 0.15) is 162 Å². The number of allylic oxidation sites excluding steroid dienone is 5. The molecule has 0 fully saturated rings. The van der Waals surface area contributed by atoms with Crippen molar-refractivity contribution in [3.63, 3.8) is 0 Å². The second-order valence-electron chi connectivity index (χ2n) is 14.4. The summed E-state index contributed by atoms with van der Waals surface area (Å²) < 4.78 is 34.6. The van der Waals surface area contributed by atoms with Crippen LogP contribution < -0.4 is 0 Å². The van der Waals surface area contributed by atoms with E-state index >= 15 is 0 Å². The lowest BCUT2D eigenvalue weighted by Gasteiger charge is -2.24. The third-order valence-corrected chi connectivity index (χ3v) is 9.25. The van der Waals surface area contributed by atoms with Gasteiger partial charge in [-0.15, -0.1) is 0 Å². The molecule has 0 heterocycles. The lowest BCUT2D eigenvalue weighted by atomic mass is 10.1. The van der Waals surface area contributed by atoms with Gasteiger partial charge in [-0.3, -0.25) is 13.8 Å². The Labute approximate surface area is 302 Å². The number of hydrogen-bond donors (Lipinski definition) is 1. The van der Waals surface area contributed by atoms with E-state index in [0.29, 0.717) is 17.4 Å². The van der Waals surface area contributed by atoms with Gasteiger partial charge in [0.05, 0.1) is 34.0 Å². The lowest BCUT2D eigenvalue weighted by Crippen LogP contribution is -2.37. The minimum Gasteiger partial charge on any atom is -0.492 e. The summed E-state index contributed by atoms with van der Waals surface area (Å²) in [5, 5.41) is 0. The molecule has 0 rings (SSSR count). The molecule has 0 spiro atoms. The summed E-state index contributed by atoms with van der Waals surface area (Å²) in [6, 6.07) is 0. The largest absolute Gasteiger partial charge is 0.492 e. The fourth-order valence-corrected chi connectivity index (χ4v) is 5.78. The Bertz CT molecular complexity index is 884. The van der Waals surface area contributed by atoms with Crippen LogP contribution in [-0.2, 0) is 27.9 Å². The van der Waals surface area contributed by atoms with Crippen LogP contribution in [0.15, 0.2) is 36.6 Å². The predicted octanol–water partition coefficient (Wildman–Crippen LogP) is 11.4. The van der Waals surface area contributed by atoms with Crippen molar-refractivity contribution < 1.29 is 37.3 Å². The van der Waals surface area contributed by atoms with Gasteiger partial charge in [-0.1, -0.05) is 115 Å². The van der Waals surface area contributed by atoms with Crippen molar-refractivity contribution in [3.8, 4) is 0 Å². The molecule has 0 aliphatic rings. The molecule has 0 saturated heterocycles. The second kappa shape index (κ2) is 33.7. The number of rotatable bonds is 36. The third-order valence-electron chi connectivity index (χ3n) is 8.26. The molecule has 0 radical (unpaired) electrons. The molecule has 288 valence electrons. The molecule has 0 aliphatic carbocycles. The van der Waals surface area contributed by atoms with Gasteiger partial charge in [-0.25, -0.2) is 4.57 Å². The molecule has 1 N–H and O–H groups in total. The van der Waals surface area contributed by atoms with Crippen LogP contribution in [0, 0.1) is 0 Å². The second-order valence-corrected chi connectivity index (χ2v) is 15.8. The van der Waals surface area contributed by atoms with Gasteiger partial charge in [-0.2, -0.15) is 0 Å². The molecule has 0 aromatic carbocycles. The molecule has 0 aliphatic heterocycles. The summed E-state index contributed by atoms with van der Waals surface area (Å²) in [5.74, 6) is -0.292. The van der Waals surface area contributed by atoms with Crippen LogP contribution >= 0.6 is 7.82 Å². The standard InChI is InChI=1S/C40H76NO7P/c1-6-8-10-12-14-16-18-19-20-21-22-24-26-28-30-32-35-45-39(38-48-49(43,44)47-36-34-41(3,4)5)37-46-40(42)33-31-29-27-25-23-17-15-13-11-9-7-2/h13,15,19-20,32,35,39H,6-12,14,16-18,21-31,33-34,36-38H2,1-5H3/p+1/b15-13-,20-19-,35-32-/t39-/m1/s1. The summed E-state index contributed by atoms with van der Waals surface area (Å²) in [6.45, 7) is 4.83. The van der Waals surface area contributed by atoms with E-state index in [1.54, 1.807) is 6.26 Å². The zero-order valence-corrected chi connectivity index (χ0v) is 33.3. The highest BCUT2D eigenvalue weighted by Crippen LogP contribution is 2.43. The molecular formula is C40H77NO7P+. The summed E-state index contributed by atoms with van der Waals surface area (Å²) >= 11 is 0. The third kappa shape index (κ3) is 37.6. The van der Waals surface area contributed by atoms with Crippen molar-refractivity contribution in [2.75, 3.05) is 47.5 Å². The van der Waals surface area contributed by atoms with E-state index in [2.05, 4.69) is 38.2 Å². The van der Waals surface area contributed by atoms with Gasteiger partial charge in [0.15, 0.2) is 6.10 Å². The number of carbonyl (C=O) groups excluding carboxylic acids is 1. The molecule has 9 heteroatoms. The maximum Gasteiger partial charge on any atom is 0.472 e. The number of likely N-dealkylation sites (N-methyl/N-ethyl adjacent to an activating group) is 1. The Morgan fingerprint density at radius 2 is 1.10 bits per heavy atom. The molecule has 49 heavy (non-hydrogen) atoms. The fourth-order valence-electron chi connectivity index (χ4n) is 5.04. The smallest absolute Gasteiger partial charge is 0.472 e. The van der Waals surface area contributed by atoms with Crippen LogP contribution in [0.5, 0.6) is 0 Å². The molecular weight excluding hydrogens is 637 g/mol. The lowest BCUT2D eigenvalue weighted by molar-refractivity contribution is -0.870. The van der Waals surface area contributed by atoms with Crippen molar-refractivity contribution in [1.82, 2.24) is 0 Å². The Morgan fingerprint density at radius 1 is 0.633 bits per heavy atom. The SMILES string of the molecule is CCCC/C=C\CCCCCCCC(=O)OC[C@H](COP(=O)(O)OCC[N+](C)(C)C)O/C=C\CCCCCC/C=C\CCCCCCCC. The number of hydrogen-bond acceptors (Lipinski definition) is 6. The zero-order chi connectivity index (χ0) is 36.3. The van der Waals surface area contributed by atoms with E-state index in [0.717, 1.165) is 51.4 Å². The van der Waals surface area contributed by atoms with Crippen LogP contribution in [0.3, 0.4) is 0 Å². The van der Waals surface area contributed by atoms with Gasteiger partial charge in [0.25, 0.3) is 0 Å². The molecule has 0 bridgehead atoms. The van der Waals surface area contributed by atoms with E-state index in [9.17, 15) is 14.3 Å². The molecule has 0 aromatic rings. The van der Waals surface area contributed by atoms with E-state index in [1.807, 2.05) is 27.2 Å². The van der Waals surface area contributed by atoms with E-state index in [4.69, 9.17) is 18.5 Å². The minimum atomic E-state index is -4.26. The number of phosphoric ester groups is 1. The topological polar surface area (TPSA) is 91.3 Å². The van der Waals surface area contributed by atoms with Crippen LogP contribution in [0.2, 0.25) is 0 Å². The van der Waals surface area contributed by atoms with E-state index < -0.39 is 13.9 Å². The van der Waals surface area contributed by atoms with Gasteiger partial charge in [0.2, 0.25) is 0 Å². The first-order chi connectivity index (χ1) is 23.6. The van der Waals surface area contributed by atoms with Crippen LogP contribution in [0.4, 0.5) is 0 Å². The molecule has 0 amide bonds. The highest BCUT2D eigenvalue weighted by molar-refractivity contribution is 7.47. The molecule has 1 unspecified atom stereocenters. The Balaban J connectivity index is 4.37. The molecule has 0 aromatic heterocycles. The maximum absolute atomic E-state index is 12.4. The molecule has 8 nitrogen and oxygen atoms in total. The molecule has 0 saturated carbocycles. The Morgan fingerprint density at radius 3 is 1.63 bits per heavy atom. The van der Waals surface area contributed by atoms with Crippen molar-refractivity contribution in [1.29, 1.82) is 0 Å². The minimum absolute atomic E-state index is 0.0568. The number of unbranched alkanes of at least 4 members (excludes halogenated alkanes) is 18. The highest BCUT2D eigenvalue weighted by Gasteiger charge is 2.25. The first-order valence-electron chi connectivity index (χ1n) is 19.8. The quantitative estimate of drug-likeness (QED) is 0.0172. The Kier molecular flexibility index (Phi) is 32.7. The number of quaternary nitrogens is 1. The van der Waals surface area contributed by atoms with E-state index in [1.165, 1.54) is 89.9 Å². The predicted molar refractivity (Wildman–Crippen MR) is 205 cm³/mol. The number of phosphoric acid groups is 1.